The lowest BCUT2D eigenvalue weighted by molar-refractivity contribution is 0.314. The van der Waals surface area contributed by atoms with E-state index >= 15 is 0 Å². The largest absolute Gasteiger partial charge is 0.497 e. The maximum absolute atomic E-state index is 5.21. The summed E-state index contributed by atoms with van der Waals surface area (Å²) in [5.74, 6) is 1.86. The minimum absolute atomic E-state index is 0.488. The van der Waals surface area contributed by atoms with Gasteiger partial charge in [-0.15, -0.1) is 0 Å². The molecule has 2 aliphatic rings. The van der Waals surface area contributed by atoms with E-state index in [9.17, 15) is 0 Å². The van der Waals surface area contributed by atoms with E-state index in [1.807, 2.05) is 0 Å². The molecule has 1 saturated heterocycles. The van der Waals surface area contributed by atoms with Crippen LogP contribution in [0.2, 0.25) is 0 Å². The van der Waals surface area contributed by atoms with Gasteiger partial charge in [0.25, 0.3) is 0 Å². The van der Waals surface area contributed by atoms with Crippen molar-refractivity contribution in [1.29, 1.82) is 0 Å². The number of nitrogens with zero attached hydrogens (tertiary/aromatic N) is 1. The Morgan fingerprint density at radius 1 is 1.38 bits per heavy atom. The monoisotopic (exact) mass is 217 g/mol. The van der Waals surface area contributed by atoms with Gasteiger partial charge in [0.15, 0.2) is 0 Å². The van der Waals surface area contributed by atoms with Crippen molar-refractivity contribution in [2.24, 2.45) is 5.92 Å². The van der Waals surface area contributed by atoms with Crippen molar-refractivity contribution in [3.8, 4) is 5.75 Å². The number of rotatable bonds is 3. The zero-order valence-electron chi connectivity index (χ0n) is 10.1. The predicted molar refractivity (Wildman–Crippen MR) is 64.9 cm³/mol. The minimum Gasteiger partial charge on any atom is -0.497 e. The fourth-order valence-corrected chi connectivity index (χ4v) is 3.20. The van der Waals surface area contributed by atoms with Gasteiger partial charge >= 0.3 is 0 Å². The molecule has 2 unspecified atom stereocenters. The average molecular weight is 217 g/mol. The van der Waals surface area contributed by atoms with Crippen LogP contribution in [0.1, 0.15) is 18.9 Å². The summed E-state index contributed by atoms with van der Waals surface area (Å²) in [5, 5.41) is 0. The highest BCUT2D eigenvalue weighted by molar-refractivity contribution is 5.40. The summed E-state index contributed by atoms with van der Waals surface area (Å²) in [6.07, 6.45) is 1.38. The number of fused-ring (bicyclic) bond motifs is 1. The molecule has 1 aromatic rings. The van der Waals surface area contributed by atoms with Gasteiger partial charge in [-0.2, -0.15) is 0 Å². The fraction of sp³-hybridized carbons (Fsp3) is 0.571. The van der Waals surface area contributed by atoms with Crippen molar-refractivity contribution in [3.63, 3.8) is 0 Å². The zero-order valence-corrected chi connectivity index (χ0v) is 10.1. The SMILES string of the molecule is CCN1CC2CC2(c2ccc(OC)cc2)C1. The molecule has 2 heteroatoms. The molecule has 0 amide bonds. The second kappa shape index (κ2) is 3.49. The molecule has 0 aromatic heterocycles. The summed E-state index contributed by atoms with van der Waals surface area (Å²) < 4.78 is 5.21. The quantitative estimate of drug-likeness (QED) is 0.770. The third-order valence-corrected chi connectivity index (χ3v) is 4.33. The molecule has 86 valence electrons. The first-order chi connectivity index (χ1) is 7.78. The Morgan fingerprint density at radius 3 is 2.69 bits per heavy atom. The summed E-state index contributed by atoms with van der Waals surface area (Å²) in [4.78, 5) is 2.57. The number of ether oxygens (including phenoxy) is 1. The topological polar surface area (TPSA) is 12.5 Å². The molecular formula is C14H19NO. The van der Waals surface area contributed by atoms with E-state index in [4.69, 9.17) is 4.74 Å². The molecule has 1 heterocycles. The molecule has 1 aliphatic heterocycles. The second-order valence-electron chi connectivity index (χ2n) is 5.11. The van der Waals surface area contributed by atoms with Gasteiger partial charge in [0.1, 0.15) is 5.75 Å². The highest BCUT2D eigenvalue weighted by Crippen LogP contribution is 2.58. The molecule has 3 rings (SSSR count). The normalized spacial score (nSPS) is 32.5. The Balaban J connectivity index is 1.83. The Bertz CT molecular complexity index is 386. The first kappa shape index (κ1) is 10.2. The van der Waals surface area contributed by atoms with Crippen molar-refractivity contribution in [1.82, 2.24) is 4.90 Å². The molecule has 1 saturated carbocycles. The summed E-state index contributed by atoms with van der Waals surface area (Å²) >= 11 is 0. The number of likely N-dealkylation sites (tertiary alicyclic amines) is 1. The predicted octanol–water partition coefficient (Wildman–Crippen LogP) is 2.29. The number of piperidine rings is 1. The van der Waals surface area contributed by atoms with E-state index in [1.54, 1.807) is 7.11 Å². The summed E-state index contributed by atoms with van der Waals surface area (Å²) in [5.41, 5.74) is 2.00. The van der Waals surface area contributed by atoms with Crippen LogP contribution in [0.3, 0.4) is 0 Å². The molecule has 0 bridgehead atoms. The lowest BCUT2D eigenvalue weighted by Crippen LogP contribution is -2.26. The Kier molecular flexibility index (Phi) is 2.21. The molecular weight excluding hydrogens is 198 g/mol. The fourth-order valence-electron chi connectivity index (χ4n) is 3.20. The van der Waals surface area contributed by atoms with Gasteiger partial charge in [-0.05, 0) is 36.6 Å². The van der Waals surface area contributed by atoms with Crippen molar-refractivity contribution < 1.29 is 4.74 Å². The van der Waals surface area contributed by atoms with Gasteiger partial charge in [0.05, 0.1) is 7.11 Å². The van der Waals surface area contributed by atoms with E-state index in [1.165, 1.54) is 31.6 Å². The molecule has 0 spiro atoms. The third-order valence-electron chi connectivity index (χ3n) is 4.33. The summed E-state index contributed by atoms with van der Waals surface area (Å²) in [6, 6.07) is 8.68. The van der Waals surface area contributed by atoms with E-state index < -0.39 is 0 Å². The lowest BCUT2D eigenvalue weighted by Gasteiger charge is -2.19. The van der Waals surface area contributed by atoms with Gasteiger partial charge in [-0.25, -0.2) is 0 Å². The van der Waals surface area contributed by atoms with E-state index in [0.29, 0.717) is 5.41 Å². The van der Waals surface area contributed by atoms with Crippen molar-refractivity contribution in [2.75, 3.05) is 26.7 Å². The van der Waals surface area contributed by atoms with Crippen molar-refractivity contribution >= 4 is 0 Å². The molecule has 1 aliphatic carbocycles. The zero-order chi connectivity index (χ0) is 11.2. The Morgan fingerprint density at radius 2 is 2.12 bits per heavy atom. The first-order valence-corrected chi connectivity index (χ1v) is 6.15. The average Bonchev–Trinajstić information content (AvgIpc) is 2.92. The van der Waals surface area contributed by atoms with Gasteiger partial charge in [-0.1, -0.05) is 19.1 Å². The van der Waals surface area contributed by atoms with Gasteiger partial charge < -0.3 is 9.64 Å². The van der Waals surface area contributed by atoms with E-state index in [0.717, 1.165) is 11.7 Å². The number of hydrogen-bond acceptors (Lipinski definition) is 2. The molecule has 2 fully saturated rings. The van der Waals surface area contributed by atoms with Crippen LogP contribution in [-0.4, -0.2) is 31.6 Å². The van der Waals surface area contributed by atoms with Crippen LogP contribution >= 0.6 is 0 Å². The van der Waals surface area contributed by atoms with E-state index in [-0.39, 0.29) is 0 Å². The molecule has 2 atom stereocenters. The first-order valence-electron chi connectivity index (χ1n) is 6.15. The smallest absolute Gasteiger partial charge is 0.118 e. The summed E-state index contributed by atoms with van der Waals surface area (Å²) in [7, 11) is 1.72. The van der Waals surface area contributed by atoms with Gasteiger partial charge in [-0.3, -0.25) is 0 Å². The van der Waals surface area contributed by atoms with Crippen LogP contribution in [0, 0.1) is 5.92 Å². The van der Waals surface area contributed by atoms with Crippen LogP contribution < -0.4 is 4.74 Å². The Labute approximate surface area is 97.2 Å². The number of hydrogen-bond donors (Lipinski definition) is 0. The molecule has 0 N–H and O–H groups in total. The van der Waals surface area contributed by atoms with Crippen LogP contribution in [0.25, 0.3) is 0 Å². The Hall–Kier alpha value is -1.02. The summed E-state index contributed by atoms with van der Waals surface area (Å²) in [6.45, 7) is 5.99. The van der Waals surface area contributed by atoms with Crippen molar-refractivity contribution in [3.05, 3.63) is 29.8 Å². The maximum Gasteiger partial charge on any atom is 0.118 e. The number of benzene rings is 1. The standard InChI is InChI=1S/C14H19NO/c1-3-15-9-12-8-14(12,10-15)11-4-6-13(16-2)7-5-11/h4-7,12H,3,8-10H2,1-2H3. The molecule has 16 heavy (non-hydrogen) atoms. The van der Waals surface area contributed by atoms with Crippen molar-refractivity contribution in [2.45, 2.75) is 18.8 Å². The molecule has 0 radical (unpaired) electrons. The lowest BCUT2D eigenvalue weighted by atomic mass is 9.95. The van der Waals surface area contributed by atoms with Gasteiger partial charge in [0, 0.05) is 18.5 Å². The number of methoxy groups -OCH3 is 1. The molecule has 1 aromatic carbocycles. The molecule has 2 nitrogen and oxygen atoms in total. The highest BCUT2D eigenvalue weighted by atomic mass is 16.5. The van der Waals surface area contributed by atoms with Crippen LogP contribution in [-0.2, 0) is 5.41 Å². The minimum atomic E-state index is 0.488. The number of likely N-dealkylation sites (N-methyl/N-ethyl adjacent to an activating group) is 1. The van der Waals surface area contributed by atoms with Crippen LogP contribution in [0.15, 0.2) is 24.3 Å². The van der Waals surface area contributed by atoms with Crippen LogP contribution in [0.4, 0.5) is 0 Å². The van der Waals surface area contributed by atoms with Crippen LogP contribution in [0.5, 0.6) is 5.75 Å². The van der Waals surface area contributed by atoms with Gasteiger partial charge in [0.2, 0.25) is 0 Å². The maximum atomic E-state index is 5.21. The van der Waals surface area contributed by atoms with E-state index in [2.05, 4.69) is 36.1 Å². The second-order valence-corrected chi connectivity index (χ2v) is 5.11. The third kappa shape index (κ3) is 1.36. The highest BCUT2D eigenvalue weighted by Gasteiger charge is 2.60.